The Hall–Kier alpha value is -3.69. The normalized spacial score (nSPS) is 11.2. The number of aromatic nitrogens is 3. The first-order valence-corrected chi connectivity index (χ1v) is 10.5. The second-order valence-electron chi connectivity index (χ2n) is 6.30. The third kappa shape index (κ3) is 5.32. The summed E-state index contributed by atoms with van der Waals surface area (Å²) < 4.78 is 10.9. The highest BCUT2D eigenvalue weighted by molar-refractivity contribution is 8.15. The van der Waals surface area contributed by atoms with Crippen LogP contribution in [0.2, 0.25) is 5.02 Å². The van der Waals surface area contributed by atoms with Gasteiger partial charge in [-0.2, -0.15) is 5.10 Å². The summed E-state index contributed by atoms with van der Waals surface area (Å²) in [5.74, 6) is 0.702. The smallest absolute Gasteiger partial charge is 0.283 e. The topological polar surface area (TPSA) is 102 Å². The zero-order chi connectivity index (χ0) is 22.3. The molecule has 4 rings (SSSR count). The van der Waals surface area contributed by atoms with E-state index in [0.29, 0.717) is 27.9 Å². The Kier molecular flexibility index (Phi) is 6.78. The van der Waals surface area contributed by atoms with Crippen LogP contribution >= 0.6 is 23.4 Å². The number of pyridine rings is 1. The van der Waals surface area contributed by atoms with Crippen LogP contribution in [0.4, 0.5) is 5.69 Å². The van der Waals surface area contributed by atoms with Crippen molar-refractivity contribution < 1.29 is 13.9 Å². The molecule has 0 spiro atoms. The van der Waals surface area contributed by atoms with Crippen molar-refractivity contribution in [2.45, 2.75) is 5.22 Å². The van der Waals surface area contributed by atoms with E-state index in [1.165, 1.54) is 0 Å². The number of anilines is 1. The van der Waals surface area contributed by atoms with Gasteiger partial charge < -0.3 is 9.15 Å². The van der Waals surface area contributed by atoms with Crippen LogP contribution in [0.25, 0.3) is 11.5 Å². The molecule has 10 heteroatoms. The van der Waals surface area contributed by atoms with Crippen molar-refractivity contribution in [3.05, 3.63) is 83.6 Å². The van der Waals surface area contributed by atoms with Crippen molar-refractivity contribution in [2.75, 3.05) is 12.5 Å². The summed E-state index contributed by atoms with van der Waals surface area (Å²) in [5, 5.41) is 13.2. The number of carbonyl (C=O) groups excluding carboxylic acids is 1. The number of hydrogen-bond donors (Lipinski definition) is 1. The molecule has 0 saturated heterocycles. The highest BCUT2D eigenvalue weighted by Gasteiger charge is 2.20. The lowest BCUT2D eigenvalue weighted by Gasteiger charge is -2.06. The SMILES string of the molecule is COc1ccc(N/N=C(/Sc2nnc(-c3ccncc3)o2)C(=O)c2ccc(Cl)cc2)cc1. The molecule has 4 aromatic rings. The fourth-order valence-electron chi connectivity index (χ4n) is 2.57. The van der Waals surface area contributed by atoms with Crippen molar-refractivity contribution in [2.24, 2.45) is 5.10 Å². The summed E-state index contributed by atoms with van der Waals surface area (Å²) in [6.07, 6.45) is 3.25. The third-order valence-electron chi connectivity index (χ3n) is 4.19. The molecular weight excluding hydrogens is 450 g/mol. The van der Waals surface area contributed by atoms with Gasteiger partial charge in [0, 0.05) is 28.5 Å². The van der Waals surface area contributed by atoms with E-state index in [1.807, 2.05) is 0 Å². The fraction of sp³-hybridized carbons (Fsp3) is 0.0455. The minimum Gasteiger partial charge on any atom is -0.497 e. The highest BCUT2D eigenvalue weighted by Crippen LogP contribution is 2.26. The van der Waals surface area contributed by atoms with Gasteiger partial charge in [0.25, 0.3) is 5.22 Å². The Morgan fingerprint density at radius 2 is 1.75 bits per heavy atom. The molecule has 2 aromatic heterocycles. The molecule has 0 aliphatic heterocycles. The van der Waals surface area contributed by atoms with Gasteiger partial charge in [-0.15, -0.1) is 10.2 Å². The standard InChI is InChI=1S/C22H16ClN5O3S/c1-30-18-8-6-17(7-9-18)25-27-21(19(29)14-2-4-16(23)5-3-14)32-22-28-26-20(31-22)15-10-12-24-13-11-15/h2-13,25H,1H3/b27-21+. The lowest BCUT2D eigenvalue weighted by Crippen LogP contribution is -2.13. The van der Waals surface area contributed by atoms with E-state index in [1.54, 1.807) is 80.2 Å². The van der Waals surface area contributed by atoms with E-state index < -0.39 is 0 Å². The average Bonchev–Trinajstić information content (AvgIpc) is 3.31. The number of thioether (sulfide) groups is 1. The van der Waals surface area contributed by atoms with E-state index in [2.05, 4.69) is 25.7 Å². The first kappa shape index (κ1) is 21.5. The second kappa shape index (κ2) is 10.1. The molecule has 0 bridgehead atoms. The maximum Gasteiger partial charge on any atom is 0.283 e. The number of methoxy groups -OCH3 is 1. The van der Waals surface area contributed by atoms with E-state index >= 15 is 0 Å². The fourth-order valence-corrected chi connectivity index (χ4v) is 3.37. The number of carbonyl (C=O) groups is 1. The van der Waals surface area contributed by atoms with Crippen molar-refractivity contribution in [3.8, 4) is 17.2 Å². The molecule has 0 aliphatic rings. The predicted molar refractivity (Wildman–Crippen MR) is 123 cm³/mol. The Labute approximate surface area is 192 Å². The molecule has 2 aromatic carbocycles. The third-order valence-corrected chi connectivity index (χ3v) is 5.26. The number of rotatable bonds is 7. The molecule has 0 saturated carbocycles. The molecule has 0 radical (unpaired) electrons. The van der Waals surface area contributed by atoms with Crippen LogP contribution < -0.4 is 10.2 Å². The van der Waals surface area contributed by atoms with E-state index in [-0.39, 0.29) is 16.0 Å². The number of benzene rings is 2. The summed E-state index contributed by atoms with van der Waals surface area (Å²) in [4.78, 5) is 17.1. The Balaban J connectivity index is 1.60. The van der Waals surface area contributed by atoms with Crippen LogP contribution in [-0.2, 0) is 0 Å². The van der Waals surface area contributed by atoms with Gasteiger partial charge in [-0.25, -0.2) is 0 Å². The van der Waals surface area contributed by atoms with Crippen molar-refractivity contribution in [1.29, 1.82) is 0 Å². The molecule has 0 aliphatic carbocycles. The van der Waals surface area contributed by atoms with Crippen molar-refractivity contribution >= 4 is 39.9 Å². The number of Topliss-reactive ketones (excluding diaryl/α,β-unsaturated/α-hetero) is 1. The summed E-state index contributed by atoms with van der Waals surface area (Å²) in [6.45, 7) is 0. The van der Waals surface area contributed by atoms with Crippen LogP contribution in [0.3, 0.4) is 0 Å². The van der Waals surface area contributed by atoms with Crippen LogP contribution in [0.5, 0.6) is 5.75 Å². The van der Waals surface area contributed by atoms with Crippen molar-refractivity contribution in [1.82, 2.24) is 15.2 Å². The number of hydrazone groups is 1. The molecular formula is C22H16ClN5O3S. The molecule has 0 atom stereocenters. The Bertz CT molecular complexity index is 1230. The average molecular weight is 466 g/mol. The number of ketones is 1. The van der Waals surface area contributed by atoms with Crippen LogP contribution in [0.15, 0.2) is 87.8 Å². The number of nitrogens with one attached hydrogen (secondary N) is 1. The molecule has 160 valence electrons. The van der Waals surface area contributed by atoms with Gasteiger partial charge in [0.15, 0.2) is 5.04 Å². The lowest BCUT2D eigenvalue weighted by molar-refractivity contribution is 0.106. The quantitative estimate of drug-likeness (QED) is 0.131. The van der Waals surface area contributed by atoms with Gasteiger partial charge in [0.2, 0.25) is 11.7 Å². The second-order valence-corrected chi connectivity index (χ2v) is 7.68. The largest absolute Gasteiger partial charge is 0.497 e. The van der Waals surface area contributed by atoms with Gasteiger partial charge >= 0.3 is 0 Å². The summed E-state index contributed by atoms with van der Waals surface area (Å²) in [5.41, 5.74) is 4.70. The minimum atomic E-state index is -0.323. The van der Waals surface area contributed by atoms with Crippen molar-refractivity contribution in [3.63, 3.8) is 0 Å². The zero-order valence-corrected chi connectivity index (χ0v) is 18.3. The Morgan fingerprint density at radius 1 is 1.03 bits per heavy atom. The zero-order valence-electron chi connectivity index (χ0n) is 16.7. The monoisotopic (exact) mass is 465 g/mol. The number of ether oxygens (including phenoxy) is 1. The molecule has 0 amide bonds. The van der Waals surface area contributed by atoms with Gasteiger partial charge in [-0.1, -0.05) is 11.6 Å². The maximum atomic E-state index is 13.1. The number of halogens is 1. The van der Waals surface area contributed by atoms with E-state index in [4.69, 9.17) is 20.8 Å². The first-order chi connectivity index (χ1) is 15.6. The maximum absolute atomic E-state index is 13.1. The molecule has 1 N–H and O–H groups in total. The van der Waals surface area contributed by atoms with Crippen LogP contribution in [0.1, 0.15) is 10.4 Å². The Morgan fingerprint density at radius 3 is 2.44 bits per heavy atom. The molecule has 0 fully saturated rings. The summed E-state index contributed by atoms with van der Waals surface area (Å²) in [6, 6.07) is 17.2. The van der Waals surface area contributed by atoms with Gasteiger partial charge in [0.1, 0.15) is 5.75 Å². The first-order valence-electron chi connectivity index (χ1n) is 9.32. The van der Waals surface area contributed by atoms with Gasteiger partial charge in [-0.3, -0.25) is 15.2 Å². The predicted octanol–water partition coefficient (Wildman–Crippen LogP) is 5.19. The van der Waals surface area contributed by atoms with E-state index in [0.717, 1.165) is 17.3 Å². The minimum absolute atomic E-state index is 0.119. The molecule has 8 nitrogen and oxygen atoms in total. The number of hydrogen-bond acceptors (Lipinski definition) is 9. The summed E-state index contributed by atoms with van der Waals surface area (Å²) >= 11 is 6.91. The van der Waals surface area contributed by atoms with Gasteiger partial charge in [0.05, 0.1) is 12.8 Å². The van der Waals surface area contributed by atoms with Crippen LogP contribution in [0, 0.1) is 0 Å². The highest BCUT2D eigenvalue weighted by atomic mass is 35.5. The summed E-state index contributed by atoms with van der Waals surface area (Å²) in [7, 11) is 1.59. The molecule has 0 unspecified atom stereocenters. The van der Waals surface area contributed by atoms with Crippen LogP contribution in [-0.4, -0.2) is 33.1 Å². The van der Waals surface area contributed by atoms with Gasteiger partial charge in [-0.05, 0) is 72.4 Å². The molecule has 2 heterocycles. The van der Waals surface area contributed by atoms with E-state index in [9.17, 15) is 4.79 Å². The molecule has 32 heavy (non-hydrogen) atoms. The number of nitrogens with zero attached hydrogens (tertiary/aromatic N) is 4. The lowest BCUT2D eigenvalue weighted by atomic mass is 10.1.